The number of benzene rings is 2. The number of nitrogens with one attached hydrogen (secondary N) is 1. The van der Waals surface area contributed by atoms with Gasteiger partial charge in [0.1, 0.15) is 5.84 Å². The van der Waals surface area contributed by atoms with Crippen molar-refractivity contribution in [3.8, 4) is 0 Å². The minimum atomic E-state index is -0.0326. The second-order valence-corrected chi connectivity index (χ2v) is 4.77. The molecule has 0 aromatic heterocycles. The van der Waals surface area contributed by atoms with Gasteiger partial charge < -0.3 is 16.3 Å². The van der Waals surface area contributed by atoms with Crippen LogP contribution in [0.1, 0.15) is 23.6 Å². The van der Waals surface area contributed by atoms with Crippen molar-refractivity contribution < 1.29 is 5.21 Å². The molecule has 4 nitrogen and oxygen atoms in total. The summed E-state index contributed by atoms with van der Waals surface area (Å²) in [5.74, 6) is 0.207. The van der Waals surface area contributed by atoms with E-state index >= 15 is 0 Å². The molecule has 2 aromatic carbocycles. The predicted octanol–water partition coefficient (Wildman–Crippen LogP) is 3.28. The van der Waals surface area contributed by atoms with Gasteiger partial charge in [0.15, 0.2) is 0 Å². The second-order valence-electron chi connectivity index (χ2n) is 4.77. The molecule has 0 aliphatic rings. The molecule has 2 aromatic rings. The topological polar surface area (TPSA) is 70.6 Å². The van der Waals surface area contributed by atoms with Crippen LogP contribution in [0.15, 0.2) is 59.8 Å². The lowest BCUT2D eigenvalue weighted by Gasteiger charge is -2.20. The maximum absolute atomic E-state index is 8.77. The van der Waals surface area contributed by atoms with Crippen LogP contribution in [0.4, 0.5) is 5.69 Å². The van der Waals surface area contributed by atoms with Crippen molar-refractivity contribution in [2.24, 2.45) is 10.9 Å². The molecule has 1 unspecified atom stereocenters. The average Bonchev–Trinajstić information content (AvgIpc) is 2.49. The third-order valence-electron chi connectivity index (χ3n) is 3.14. The summed E-state index contributed by atoms with van der Waals surface area (Å²) in [4.78, 5) is 0. The van der Waals surface area contributed by atoms with Crippen LogP contribution in [0.25, 0.3) is 0 Å². The monoisotopic (exact) mass is 269 g/mol. The highest BCUT2D eigenvalue weighted by Gasteiger charge is 2.13. The van der Waals surface area contributed by atoms with Gasteiger partial charge in [-0.2, -0.15) is 0 Å². The van der Waals surface area contributed by atoms with Crippen LogP contribution in [0, 0.1) is 6.92 Å². The van der Waals surface area contributed by atoms with Crippen LogP contribution in [0.3, 0.4) is 0 Å². The fraction of sp³-hybridized carbons (Fsp3) is 0.188. The molecule has 0 aliphatic heterocycles. The van der Waals surface area contributed by atoms with Crippen molar-refractivity contribution in [3.05, 3.63) is 65.7 Å². The fourth-order valence-corrected chi connectivity index (χ4v) is 2.04. The van der Waals surface area contributed by atoms with Crippen LogP contribution in [0.5, 0.6) is 0 Å². The zero-order chi connectivity index (χ0) is 14.4. The molecule has 4 N–H and O–H groups in total. The normalized spacial score (nSPS) is 12.9. The van der Waals surface area contributed by atoms with Crippen LogP contribution in [-0.2, 0) is 0 Å². The third kappa shape index (κ3) is 3.75. The molecule has 0 fully saturated rings. The van der Waals surface area contributed by atoms with Crippen molar-refractivity contribution in [2.45, 2.75) is 19.4 Å². The van der Waals surface area contributed by atoms with Gasteiger partial charge in [-0.1, -0.05) is 53.2 Å². The molecule has 0 heterocycles. The van der Waals surface area contributed by atoms with Crippen LogP contribution in [-0.4, -0.2) is 11.0 Å². The summed E-state index contributed by atoms with van der Waals surface area (Å²) in [7, 11) is 0. The van der Waals surface area contributed by atoms with E-state index in [9.17, 15) is 0 Å². The van der Waals surface area contributed by atoms with Crippen molar-refractivity contribution >= 4 is 11.5 Å². The summed E-state index contributed by atoms with van der Waals surface area (Å²) in [6.07, 6.45) is 0.439. The van der Waals surface area contributed by atoms with Gasteiger partial charge in [-0.15, -0.1) is 0 Å². The number of nitrogens with zero attached hydrogens (tertiary/aromatic N) is 1. The zero-order valence-electron chi connectivity index (χ0n) is 11.5. The lowest BCUT2D eigenvalue weighted by molar-refractivity contribution is 0.316. The summed E-state index contributed by atoms with van der Waals surface area (Å²) in [5, 5.41) is 15.2. The first-order valence-electron chi connectivity index (χ1n) is 6.53. The second kappa shape index (κ2) is 6.61. The van der Waals surface area contributed by atoms with E-state index in [2.05, 4.69) is 17.4 Å². The smallest absolute Gasteiger partial charge is 0.141 e. The number of hydrogen-bond donors (Lipinski definition) is 3. The number of oxime groups is 1. The standard InChI is InChI=1S/C16H19N3O/c1-12-7-9-14(10-8-12)18-15(11-16(17)19-20)13-5-3-2-4-6-13/h2-10,15,18,20H,11H2,1H3,(H2,17,19). The van der Waals surface area contributed by atoms with E-state index in [-0.39, 0.29) is 11.9 Å². The number of amidine groups is 1. The first-order chi connectivity index (χ1) is 9.69. The Morgan fingerprint density at radius 1 is 1.15 bits per heavy atom. The Morgan fingerprint density at radius 3 is 2.40 bits per heavy atom. The summed E-state index contributed by atoms with van der Waals surface area (Å²) >= 11 is 0. The van der Waals surface area contributed by atoms with Gasteiger partial charge in [-0.3, -0.25) is 0 Å². The largest absolute Gasteiger partial charge is 0.409 e. The van der Waals surface area contributed by atoms with E-state index in [0.717, 1.165) is 11.3 Å². The van der Waals surface area contributed by atoms with Gasteiger partial charge in [-0.25, -0.2) is 0 Å². The van der Waals surface area contributed by atoms with Gasteiger partial charge >= 0.3 is 0 Å². The van der Waals surface area contributed by atoms with Gasteiger partial charge in [0.05, 0.1) is 6.04 Å². The molecular weight excluding hydrogens is 250 g/mol. The average molecular weight is 269 g/mol. The number of anilines is 1. The maximum Gasteiger partial charge on any atom is 0.141 e. The maximum atomic E-state index is 8.77. The van der Waals surface area contributed by atoms with Gasteiger partial charge in [-0.05, 0) is 24.6 Å². The minimum absolute atomic E-state index is 0.0326. The fourth-order valence-electron chi connectivity index (χ4n) is 2.04. The molecule has 0 spiro atoms. The van der Waals surface area contributed by atoms with Crippen molar-refractivity contribution in [2.75, 3.05) is 5.32 Å². The van der Waals surface area contributed by atoms with Crippen LogP contribution >= 0.6 is 0 Å². The van der Waals surface area contributed by atoms with E-state index < -0.39 is 0 Å². The Kier molecular flexibility index (Phi) is 4.60. The van der Waals surface area contributed by atoms with Gasteiger partial charge in [0, 0.05) is 12.1 Å². The molecule has 0 radical (unpaired) electrons. The Hall–Kier alpha value is -2.49. The first-order valence-corrected chi connectivity index (χ1v) is 6.53. The lowest BCUT2D eigenvalue weighted by Crippen LogP contribution is -2.21. The van der Waals surface area contributed by atoms with E-state index in [0.29, 0.717) is 6.42 Å². The number of aryl methyl sites for hydroxylation is 1. The highest BCUT2D eigenvalue weighted by molar-refractivity contribution is 5.80. The third-order valence-corrected chi connectivity index (χ3v) is 3.14. The molecule has 2 rings (SSSR count). The quantitative estimate of drug-likeness (QED) is 0.337. The molecule has 0 saturated heterocycles. The van der Waals surface area contributed by atoms with E-state index in [1.54, 1.807) is 0 Å². The highest BCUT2D eigenvalue weighted by atomic mass is 16.4. The number of nitrogens with two attached hydrogens (primary N) is 1. The molecule has 0 bridgehead atoms. The first kappa shape index (κ1) is 13.9. The van der Waals surface area contributed by atoms with E-state index in [4.69, 9.17) is 10.9 Å². The molecule has 0 aliphatic carbocycles. The van der Waals surface area contributed by atoms with Gasteiger partial charge in [0.2, 0.25) is 0 Å². The van der Waals surface area contributed by atoms with Crippen LogP contribution < -0.4 is 11.1 Å². The molecule has 20 heavy (non-hydrogen) atoms. The summed E-state index contributed by atoms with van der Waals surface area (Å²) in [6, 6.07) is 18.1. The molecular formula is C16H19N3O. The van der Waals surface area contributed by atoms with E-state index in [1.807, 2.05) is 54.6 Å². The highest BCUT2D eigenvalue weighted by Crippen LogP contribution is 2.22. The minimum Gasteiger partial charge on any atom is -0.409 e. The molecule has 1 atom stereocenters. The van der Waals surface area contributed by atoms with Crippen molar-refractivity contribution in [1.29, 1.82) is 0 Å². The van der Waals surface area contributed by atoms with Crippen LogP contribution in [0.2, 0.25) is 0 Å². The molecule has 4 heteroatoms. The lowest BCUT2D eigenvalue weighted by atomic mass is 10.0. The van der Waals surface area contributed by atoms with E-state index in [1.165, 1.54) is 5.56 Å². The Labute approximate surface area is 118 Å². The Morgan fingerprint density at radius 2 is 1.80 bits per heavy atom. The predicted molar refractivity (Wildman–Crippen MR) is 82.0 cm³/mol. The van der Waals surface area contributed by atoms with Gasteiger partial charge in [0.25, 0.3) is 0 Å². The molecule has 104 valence electrons. The van der Waals surface area contributed by atoms with Crippen molar-refractivity contribution in [3.63, 3.8) is 0 Å². The summed E-state index contributed by atoms with van der Waals surface area (Å²) < 4.78 is 0. The summed E-state index contributed by atoms with van der Waals surface area (Å²) in [6.45, 7) is 2.05. The number of hydrogen-bond acceptors (Lipinski definition) is 3. The Balaban J connectivity index is 2.20. The number of rotatable bonds is 5. The zero-order valence-corrected chi connectivity index (χ0v) is 11.5. The Bertz CT molecular complexity index is 564. The molecule has 0 saturated carbocycles. The summed E-state index contributed by atoms with van der Waals surface area (Å²) in [5.41, 5.74) is 8.97. The molecule has 0 amide bonds. The SMILES string of the molecule is Cc1ccc(NC(CC(N)=NO)c2ccccc2)cc1. The van der Waals surface area contributed by atoms with Crippen molar-refractivity contribution in [1.82, 2.24) is 0 Å².